The Labute approximate surface area is 199 Å². The molecule has 4 unspecified atom stereocenters. The fourth-order valence-corrected chi connectivity index (χ4v) is 4.72. The molecule has 2 aliphatic heterocycles. The van der Waals surface area contributed by atoms with Gasteiger partial charge in [-0.25, -0.2) is 4.79 Å². The maximum atomic E-state index is 13.2. The Morgan fingerprint density at radius 2 is 1.56 bits per heavy atom. The van der Waals surface area contributed by atoms with Crippen molar-refractivity contribution in [1.82, 2.24) is 15.1 Å². The van der Waals surface area contributed by atoms with Crippen LogP contribution in [0.25, 0.3) is 0 Å². The second-order valence-corrected chi connectivity index (χ2v) is 9.42. The lowest BCUT2D eigenvalue weighted by Crippen LogP contribution is -2.58. The Morgan fingerprint density at radius 1 is 1.00 bits per heavy atom. The predicted molar refractivity (Wildman–Crippen MR) is 124 cm³/mol. The van der Waals surface area contributed by atoms with Crippen molar-refractivity contribution in [1.29, 1.82) is 0 Å². The summed E-state index contributed by atoms with van der Waals surface area (Å²) in [6, 6.07) is 3.09. The Bertz CT molecular complexity index is 919. The molecule has 0 spiro atoms. The zero-order valence-corrected chi connectivity index (χ0v) is 19.6. The molecule has 0 aliphatic carbocycles. The van der Waals surface area contributed by atoms with Crippen molar-refractivity contribution in [2.75, 3.05) is 13.1 Å². The number of nitrogens with two attached hydrogens (primary N) is 1. The molecule has 0 radical (unpaired) electrons. The van der Waals surface area contributed by atoms with Crippen LogP contribution in [0.3, 0.4) is 0 Å². The van der Waals surface area contributed by atoms with Crippen molar-refractivity contribution >= 4 is 23.7 Å². The SMILES string of the molecule is CC(C)C(NC(=O)C1CCCN1C(=O)C(N)Cc1ccc(O)cc1)C(=O)N1CCCC1C(=O)O. The molecule has 4 atom stereocenters. The Balaban J connectivity index is 1.66. The third-order valence-electron chi connectivity index (χ3n) is 6.60. The van der Waals surface area contributed by atoms with Gasteiger partial charge in [0.1, 0.15) is 23.9 Å². The largest absolute Gasteiger partial charge is 0.508 e. The number of hydrogen-bond donors (Lipinski definition) is 4. The number of aromatic hydroxyl groups is 1. The number of rotatable bonds is 8. The molecule has 2 aliphatic rings. The summed E-state index contributed by atoms with van der Waals surface area (Å²) < 4.78 is 0. The lowest BCUT2D eigenvalue weighted by atomic mass is 10.0. The van der Waals surface area contributed by atoms with E-state index >= 15 is 0 Å². The number of hydrogen-bond acceptors (Lipinski definition) is 6. The molecule has 5 N–H and O–H groups in total. The first-order chi connectivity index (χ1) is 16.1. The highest BCUT2D eigenvalue weighted by Crippen LogP contribution is 2.23. The lowest BCUT2D eigenvalue weighted by molar-refractivity contribution is -0.150. The van der Waals surface area contributed by atoms with E-state index < -0.39 is 42.0 Å². The van der Waals surface area contributed by atoms with Crippen LogP contribution >= 0.6 is 0 Å². The minimum atomic E-state index is -1.05. The number of aliphatic carboxylic acids is 1. The molecule has 3 amide bonds. The normalized spacial score (nSPS) is 22.0. The minimum Gasteiger partial charge on any atom is -0.508 e. The molecule has 2 saturated heterocycles. The van der Waals surface area contributed by atoms with Gasteiger partial charge < -0.3 is 31.1 Å². The van der Waals surface area contributed by atoms with Crippen LogP contribution in [-0.2, 0) is 25.6 Å². The number of phenols is 1. The molecule has 3 rings (SSSR count). The van der Waals surface area contributed by atoms with Crippen LogP contribution in [0, 0.1) is 5.92 Å². The third-order valence-corrected chi connectivity index (χ3v) is 6.60. The van der Waals surface area contributed by atoms with E-state index in [-0.39, 0.29) is 24.0 Å². The zero-order chi connectivity index (χ0) is 25.0. The number of phenolic OH excluding ortho intramolecular Hbond substituents is 1. The van der Waals surface area contributed by atoms with Gasteiger partial charge in [-0.05, 0) is 55.7 Å². The average molecular weight is 475 g/mol. The van der Waals surface area contributed by atoms with Gasteiger partial charge in [0, 0.05) is 13.1 Å². The van der Waals surface area contributed by atoms with Gasteiger partial charge in [0.05, 0.1) is 6.04 Å². The summed E-state index contributed by atoms with van der Waals surface area (Å²) in [5.41, 5.74) is 6.95. The van der Waals surface area contributed by atoms with Crippen molar-refractivity contribution in [2.24, 2.45) is 11.7 Å². The number of carboxylic acid groups (broad SMARTS) is 1. The maximum absolute atomic E-state index is 13.2. The van der Waals surface area contributed by atoms with E-state index in [0.717, 1.165) is 5.56 Å². The second-order valence-electron chi connectivity index (χ2n) is 9.42. The Hall–Kier alpha value is -3.14. The summed E-state index contributed by atoms with van der Waals surface area (Å²) in [5, 5.41) is 21.6. The fourth-order valence-electron chi connectivity index (χ4n) is 4.72. The monoisotopic (exact) mass is 474 g/mol. The van der Waals surface area contributed by atoms with Gasteiger partial charge in [-0.3, -0.25) is 14.4 Å². The first-order valence-corrected chi connectivity index (χ1v) is 11.8. The lowest BCUT2D eigenvalue weighted by Gasteiger charge is -2.32. The van der Waals surface area contributed by atoms with E-state index in [2.05, 4.69) is 5.32 Å². The van der Waals surface area contributed by atoms with Gasteiger partial charge in [0.2, 0.25) is 17.7 Å². The van der Waals surface area contributed by atoms with Crippen molar-refractivity contribution in [2.45, 2.75) is 70.1 Å². The number of nitrogens with one attached hydrogen (secondary N) is 1. The van der Waals surface area contributed by atoms with Crippen LogP contribution in [0.4, 0.5) is 0 Å². The molecule has 34 heavy (non-hydrogen) atoms. The summed E-state index contributed by atoms with van der Waals surface area (Å²) >= 11 is 0. The van der Waals surface area contributed by atoms with E-state index in [4.69, 9.17) is 5.73 Å². The van der Waals surface area contributed by atoms with E-state index in [1.807, 2.05) is 0 Å². The molecule has 1 aromatic carbocycles. The Kier molecular flexibility index (Phi) is 8.14. The quantitative estimate of drug-likeness (QED) is 0.427. The first-order valence-electron chi connectivity index (χ1n) is 11.8. The van der Waals surface area contributed by atoms with Gasteiger partial charge in [0.25, 0.3) is 0 Å². The summed E-state index contributed by atoms with van der Waals surface area (Å²) in [4.78, 5) is 53.7. The van der Waals surface area contributed by atoms with Crippen LogP contribution < -0.4 is 11.1 Å². The molecule has 186 valence electrons. The molecule has 10 heteroatoms. The van der Waals surface area contributed by atoms with E-state index in [1.54, 1.807) is 26.0 Å². The third kappa shape index (κ3) is 5.67. The number of amides is 3. The number of likely N-dealkylation sites (tertiary alicyclic amines) is 2. The van der Waals surface area contributed by atoms with Crippen LogP contribution in [-0.4, -0.2) is 81.0 Å². The van der Waals surface area contributed by atoms with E-state index in [9.17, 15) is 29.4 Å². The van der Waals surface area contributed by atoms with Gasteiger partial charge in [-0.15, -0.1) is 0 Å². The fraction of sp³-hybridized carbons (Fsp3) is 0.583. The van der Waals surface area contributed by atoms with Crippen LogP contribution in [0.15, 0.2) is 24.3 Å². The van der Waals surface area contributed by atoms with Gasteiger partial charge >= 0.3 is 5.97 Å². The number of nitrogens with zero attached hydrogens (tertiary/aromatic N) is 2. The molecule has 10 nitrogen and oxygen atoms in total. The summed E-state index contributed by atoms with van der Waals surface area (Å²) in [6.07, 6.45) is 2.37. The standard InChI is InChI=1S/C24H34N4O6/c1-14(2)20(23(32)28-12-4-6-19(28)24(33)34)26-21(30)18-5-3-11-27(18)22(31)17(25)13-15-7-9-16(29)10-8-15/h7-10,14,17-20,29H,3-6,11-13,25H2,1-2H3,(H,26,30)(H,33,34). The zero-order valence-electron chi connectivity index (χ0n) is 19.6. The van der Waals surface area contributed by atoms with Gasteiger partial charge in [-0.2, -0.15) is 0 Å². The molecule has 0 saturated carbocycles. The highest BCUT2D eigenvalue weighted by atomic mass is 16.4. The molecule has 0 aromatic heterocycles. The molecule has 1 aromatic rings. The van der Waals surface area contributed by atoms with E-state index in [0.29, 0.717) is 38.8 Å². The summed E-state index contributed by atoms with van der Waals surface area (Å²) in [7, 11) is 0. The number of carboxylic acids is 1. The average Bonchev–Trinajstić information content (AvgIpc) is 3.47. The van der Waals surface area contributed by atoms with Crippen LogP contribution in [0.1, 0.15) is 45.1 Å². The van der Waals surface area contributed by atoms with Gasteiger partial charge in [0.15, 0.2) is 0 Å². The van der Waals surface area contributed by atoms with Crippen molar-refractivity contribution in [3.05, 3.63) is 29.8 Å². The molecular weight excluding hydrogens is 440 g/mol. The topological polar surface area (TPSA) is 153 Å². The Morgan fingerprint density at radius 3 is 2.12 bits per heavy atom. The number of benzene rings is 1. The highest BCUT2D eigenvalue weighted by molar-refractivity contribution is 5.94. The van der Waals surface area contributed by atoms with Crippen molar-refractivity contribution in [3.8, 4) is 5.75 Å². The summed E-state index contributed by atoms with van der Waals surface area (Å²) in [6.45, 7) is 4.32. The second kappa shape index (κ2) is 10.9. The molecule has 2 heterocycles. The van der Waals surface area contributed by atoms with Gasteiger partial charge in [-0.1, -0.05) is 26.0 Å². The minimum absolute atomic E-state index is 0.123. The van der Waals surface area contributed by atoms with Crippen molar-refractivity contribution in [3.63, 3.8) is 0 Å². The summed E-state index contributed by atoms with van der Waals surface area (Å²) in [5.74, 6) is -2.36. The molecule has 0 bridgehead atoms. The van der Waals surface area contributed by atoms with E-state index in [1.165, 1.54) is 21.9 Å². The molecular formula is C24H34N4O6. The van der Waals surface area contributed by atoms with Crippen LogP contribution in [0.5, 0.6) is 5.75 Å². The van der Waals surface area contributed by atoms with Crippen LogP contribution in [0.2, 0.25) is 0 Å². The molecule has 2 fully saturated rings. The maximum Gasteiger partial charge on any atom is 0.326 e. The first kappa shape index (κ1) is 25.5. The highest BCUT2D eigenvalue weighted by Gasteiger charge is 2.41. The smallest absolute Gasteiger partial charge is 0.326 e. The number of carbonyl (C=O) groups excluding carboxylic acids is 3. The number of carbonyl (C=O) groups is 4. The van der Waals surface area contributed by atoms with Crippen molar-refractivity contribution < 1.29 is 29.4 Å². The predicted octanol–water partition coefficient (Wildman–Crippen LogP) is 0.469.